The van der Waals surface area contributed by atoms with E-state index in [0.29, 0.717) is 11.6 Å². The van der Waals surface area contributed by atoms with Crippen LogP contribution in [0.3, 0.4) is 0 Å². The molecule has 1 heterocycles. The van der Waals surface area contributed by atoms with Gasteiger partial charge in [0.2, 0.25) is 5.91 Å². The van der Waals surface area contributed by atoms with Crippen molar-refractivity contribution in [1.82, 2.24) is 4.90 Å². The molecule has 0 aromatic rings. The summed E-state index contributed by atoms with van der Waals surface area (Å²) in [5.41, 5.74) is 0. The van der Waals surface area contributed by atoms with E-state index in [1.807, 2.05) is 0 Å². The zero-order valence-corrected chi connectivity index (χ0v) is 11.0. The van der Waals surface area contributed by atoms with Gasteiger partial charge in [0.05, 0.1) is 17.9 Å². The minimum absolute atomic E-state index is 0. The van der Waals surface area contributed by atoms with Crippen LogP contribution in [-0.4, -0.2) is 34.4 Å². The number of nitrogens with zero attached hydrogens (tertiary/aromatic N) is 1. The van der Waals surface area contributed by atoms with Crippen LogP contribution >= 0.6 is 11.8 Å². The minimum Gasteiger partial charge on any atom is -0.548 e. The van der Waals surface area contributed by atoms with Crippen LogP contribution in [0.4, 0.5) is 0 Å². The summed E-state index contributed by atoms with van der Waals surface area (Å²) < 4.78 is 0. The molecule has 12 heavy (non-hydrogen) atoms. The number of hydrogen-bond donors (Lipinski definition) is 0. The fourth-order valence-corrected chi connectivity index (χ4v) is 2.15. The molecule has 0 spiro atoms. The number of amides is 1. The van der Waals surface area contributed by atoms with Gasteiger partial charge in [-0.15, -0.1) is 11.8 Å². The molecule has 6 heteroatoms. The van der Waals surface area contributed by atoms with Gasteiger partial charge in [-0.1, -0.05) is 0 Å². The molecule has 1 amide bonds. The molecule has 1 unspecified atom stereocenters. The van der Waals surface area contributed by atoms with Crippen LogP contribution in [0, 0.1) is 0 Å². The van der Waals surface area contributed by atoms with Crippen molar-refractivity contribution in [3.63, 3.8) is 0 Å². The van der Waals surface area contributed by atoms with Crippen molar-refractivity contribution in [3.05, 3.63) is 0 Å². The predicted octanol–water partition coefficient (Wildman–Crippen LogP) is -4.34. The Morgan fingerprint density at radius 3 is 2.50 bits per heavy atom. The van der Waals surface area contributed by atoms with Gasteiger partial charge >= 0.3 is 51.4 Å². The first-order valence-corrected chi connectivity index (χ1v) is 4.34. The molecule has 0 N–H and O–H groups in total. The zero-order chi connectivity index (χ0) is 8.43. The van der Waals surface area contributed by atoms with Gasteiger partial charge in [0.25, 0.3) is 0 Å². The Hall–Kier alpha value is 0.926. The van der Waals surface area contributed by atoms with E-state index >= 15 is 0 Å². The zero-order valence-electron chi connectivity index (χ0n) is 7.07. The van der Waals surface area contributed by atoms with Gasteiger partial charge in [-0.05, 0) is 0 Å². The summed E-state index contributed by atoms with van der Waals surface area (Å²) in [6.45, 7) is 1.36. The van der Waals surface area contributed by atoms with Crippen LogP contribution in [0.25, 0.3) is 0 Å². The van der Waals surface area contributed by atoms with Crippen molar-refractivity contribution in [2.45, 2.75) is 13.0 Å². The van der Waals surface area contributed by atoms with Gasteiger partial charge in [0, 0.05) is 12.7 Å². The van der Waals surface area contributed by atoms with E-state index in [1.165, 1.54) is 23.6 Å². The van der Waals surface area contributed by atoms with E-state index in [9.17, 15) is 14.7 Å². The molecule has 1 atom stereocenters. The van der Waals surface area contributed by atoms with Crippen molar-refractivity contribution in [3.8, 4) is 0 Å². The Kier molecular flexibility index (Phi) is 6.05. The van der Waals surface area contributed by atoms with Gasteiger partial charge in [0.15, 0.2) is 0 Å². The summed E-state index contributed by atoms with van der Waals surface area (Å²) in [5, 5.41) is 10.4. The van der Waals surface area contributed by atoms with Crippen LogP contribution in [0.5, 0.6) is 0 Å². The SMILES string of the molecule is CC(=O)N1CSCC1C(=O)[O-].[K+]. The van der Waals surface area contributed by atoms with E-state index in [0.717, 1.165) is 0 Å². The molecule has 4 nitrogen and oxygen atoms in total. The van der Waals surface area contributed by atoms with E-state index < -0.39 is 12.0 Å². The molecule has 62 valence electrons. The van der Waals surface area contributed by atoms with Crippen LogP contribution in [0.1, 0.15) is 6.92 Å². The van der Waals surface area contributed by atoms with Crippen LogP contribution in [0.2, 0.25) is 0 Å². The smallest absolute Gasteiger partial charge is 0.548 e. The third kappa shape index (κ3) is 3.01. The summed E-state index contributed by atoms with van der Waals surface area (Å²) in [7, 11) is 0. The Morgan fingerprint density at radius 1 is 1.58 bits per heavy atom. The molecule has 1 aliphatic heterocycles. The van der Waals surface area contributed by atoms with Crippen LogP contribution in [0.15, 0.2) is 0 Å². The van der Waals surface area contributed by atoms with Gasteiger partial charge in [-0.25, -0.2) is 0 Å². The molecule has 1 saturated heterocycles. The molecule has 0 aromatic heterocycles. The maximum Gasteiger partial charge on any atom is 1.00 e. The molecule has 0 radical (unpaired) electrons. The fourth-order valence-electron chi connectivity index (χ4n) is 0.948. The second kappa shape index (κ2) is 5.61. The van der Waals surface area contributed by atoms with Gasteiger partial charge < -0.3 is 14.8 Å². The monoisotopic (exact) mass is 213 g/mol. The van der Waals surface area contributed by atoms with Gasteiger partial charge in [-0.2, -0.15) is 0 Å². The second-order valence-electron chi connectivity index (χ2n) is 2.32. The maximum absolute atomic E-state index is 10.8. The van der Waals surface area contributed by atoms with Crippen molar-refractivity contribution in [1.29, 1.82) is 0 Å². The number of carboxylic acid groups (broad SMARTS) is 1. The minimum atomic E-state index is -1.16. The fraction of sp³-hybridized carbons (Fsp3) is 0.667. The molecule has 0 aliphatic carbocycles. The molecule has 1 aliphatic rings. The molecular formula is C6H8KNO3S. The summed E-state index contributed by atoms with van der Waals surface area (Å²) in [6.07, 6.45) is 0. The Bertz CT molecular complexity index is 179. The average molecular weight is 213 g/mol. The normalized spacial score (nSPS) is 21.8. The van der Waals surface area contributed by atoms with Gasteiger partial charge in [-0.3, -0.25) is 4.79 Å². The quantitative estimate of drug-likeness (QED) is 0.413. The first-order chi connectivity index (χ1) is 5.13. The maximum atomic E-state index is 10.8. The molecule has 1 fully saturated rings. The Morgan fingerprint density at radius 2 is 2.17 bits per heavy atom. The third-order valence-electron chi connectivity index (χ3n) is 1.56. The Balaban J connectivity index is 0.00000121. The van der Waals surface area contributed by atoms with E-state index in [4.69, 9.17) is 0 Å². The van der Waals surface area contributed by atoms with E-state index in [-0.39, 0.29) is 57.3 Å². The molecule has 0 bridgehead atoms. The van der Waals surface area contributed by atoms with Crippen LogP contribution in [-0.2, 0) is 9.59 Å². The van der Waals surface area contributed by atoms with Crippen LogP contribution < -0.4 is 56.5 Å². The number of hydrogen-bond acceptors (Lipinski definition) is 4. The summed E-state index contributed by atoms with van der Waals surface area (Å²) >= 11 is 1.43. The van der Waals surface area contributed by atoms with Crippen molar-refractivity contribution in [2.24, 2.45) is 0 Å². The van der Waals surface area contributed by atoms with E-state index in [1.54, 1.807) is 0 Å². The van der Waals surface area contributed by atoms with Crippen molar-refractivity contribution >= 4 is 23.6 Å². The Labute approximate surface area is 117 Å². The van der Waals surface area contributed by atoms with Gasteiger partial charge in [0.1, 0.15) is 0 Å². The number of carbonyl (C=O) groups is 2. The number of carbonyl (C=O) groups excluding carboxylic acids is 2. The summed E-state index contributed by atoms with van der Waals surface area (Å²) in [4.78, 5) is 22.5. The van der Waals surface area contributed by atoms with E-state index in [2.05, 4.69) is 0 Å². The van der Waals surface area contributed by atoms with Crippen molar-refractivity contribution < 1.29 is 66.1 Å². The third-order valence-corrected chi connectivity index (χ3v) is 2.57. The average Bonchev–Trinajstić information content (AvgIpc) is 2.32. The number of aliphatic carboxylic acids is 1. The standard InChI is InChI=1S/C6H9NO3S.K/c1-4(8)7-3-11-2-5(7)6(9)10;/h5H,2-3H2,1H3,(H,9,10);/q;+1/p-1. The topological polar surface area (TPSA) is 60.4 Å². The largest absolute Gasteiger partial charge is 1.00 e. The molecular weight excluding hydrogens is 205 g/mol. The number of carboxylic acids is 1. The first kappa shape index (κ1) is 12.9. The number of rotatable bonds is 1. The van der Waals surface area contributed by atoms with Crippen molar-refractivity contribution in [2.75, 3.05) is 11.6 Å². The first-order valence-electron chi connectivity index (χ1n) is 3.18. The molecule has 0 saturated carbocycles. The molecule has 0 aromatic carbocycles. The predicted molar refractivity (Wildman–Crippen MR) is 38.6 cm³/mol. The molecule has 1 rings (SSSR count). The summed E-state index contributed by atoms with van der Waals surface area (Å²) in [6, 6.07) is -0.725. The second-order valence-corrected chi connectivity index (χ2v) is 3.32. The number of thioether (sulfide) groups is 1. The summed E-state index contributed by atoms with van der Waals surface area (Å²) in [5.74, 6) is -0.454.